The van der Waals surface area contributed by atoms with E-state index in [0.29, 0.717) is 29.0 Å². The van der Waals surface area contributed by atoms with E-state index in [1.54, 1.807) is 32.0 Å². The highest BCUT2D eigenvalue weighted by Gasteiger charge is 2.25. The average Bonchev–Trinajstić information content (AvgIpc) is 3.07. The molecule has 9 heteroatoms. The van der Waals surface area contributed by atoms with Crippen LogP contribution < -0.4 is 10.3 Å². The quantitative estimate of drug-likeness (QED) is 0.582. The van der Waals surface area contributed by atoms with Gasteiger partial charge >= 0.3 is 0 Å². The number of ether oxygens (including phenoxy) is 1. The zero-order valence-electron chi connectivity index (χ0n) is 16.9. The van der Waals surface area contributed by atoms with Crippen molar-refractivity contribution in [2.24, 2.45) is 0 Å². The number of aryl methyl sites for hydroxylation is 1. The minimum Gasteiger partial charge on any atom is -0.497 e. The molecular weight excluding hydrogens is 428 g/mol. The van der Waals surface area contributed by atoms with Crippen LogP contribution in [0.15, 0.2) is 46.2 Å². The van der Waals surface area contributed by atoms with E-state index in [9.17, 15) is 18.0 Å². The Kier molecular flexibility index (Phi) is 5.92. The van der Waals surface area contributed by atoms with Gasteiger partial charge in [0.15, 0.2) is 15.6 Å². The molecule has 3 aromatic rings. The van der Waals surface area contributed by atoms with Crippen molar-refractivity contribution in [1.29, 1.82) is 0 Å². The molecule has 1 aromatic heterocycles. The Balaban J connectivity index is 2.29. The van der Waals surface area contributed by atoms with Gasteiger partial charge in [-0.15, -0.1) is 0 Å². The van der Waals surface area contributed by atoms with Crippen molar-refractivity contribution in [2.75, 3.05) is 13.4 Å². The summed E-state index contributed by atoms with van der Waals surface area (Å²) in [4.78, 5) is 25.6. The maximum atomic E-state index is 13.1. The summed E-state index contributed by atoms with van der Waals surface area (Å²) < 4.78 is 31.4. The van der Waals surface area contributed by atoms with Gasteiger partial charge in [0.2, 0.25) is 0 Å². The van der Waals surface area contributed by atoms with Gasteiger partial charge in [-0.25, -0.2) is 8.42 Å². The van der Waals surface area contributed by atoms with E-state index in [-0.39, 0.29) is 21.0 Å². The van der Waals surface area contributed by atoms with Gasteiger partial charge in [0.1, 0.15) is 11.3 Å². The fourth-order valence-electron chi connectivity index (χ4n) is 3.35. The number of aromatic amines is 1. The lowest BCUT2D eigenvalue weighted by Crippen LogP contribution is -2.21. The van der Waals surface area contributed by atoms with Crippen molar-refractivity contribution < 1.29 is 17.9 Å². The number of halogens is 1. The summed E-state index contributed by atoms with van der Waals surface area (Å²) in [7, 11) is -2.13. The summed E-state index contributed by atoms with van der Waals surface area (Å²) in [6, 6.07) is 7.68. The first-order valence-electron chi connectivity index (χ1n) is 9.10. The molecule has 30 heavy (non-hydrogen) atoms. The van der Waals surface area contributed by atoms with Gasteiger partial charge in [-0.05, 0) is 49.7 Å². The number of ketones is 1. The molecule has 1 heterocycles. The highest BCUT2D eigenvalue weighted by molar-refractivity contribution is 7.90. The van der Waals surface area contributed by atoms with Gasteiger partial charge in [-0.2, -0.15) is 0 Å². The van der Waals surface area contributed by atoms with Crippen molar-refractivity contribution in [1.82, 2.24) is 9.78 Å². The van der Waals surface area contributed by atoms with E-state index in [2.05, 4.69) is 5.10 Å². The van der Waals surface area contributed by atoms with E-state index in [1.807, 2.05) is 0 Å². The minimum atomic E-state index is -3.62. The predicted molar refractivity (Wildman–Crippen MR) is 115 cm³/mol. The maximum Gasteiger partial charge on any atom is 0.277 e. The van der Waals surface area contributed by atoms with E-state index in [0.717, 1.165) is 6.26 Å². The van der Waals surface area contributed by atoms with Crippen molar-refractivity contribution in [3.8, 4) is 16.9 Å². The molecule has 0 radical (unpaired) electrons. The normalized spacial score (nSPS) is 11.5. The average molecular weight is 449 g/mol. The monoisotopic (exact) mass is 448 g/mol. The van der Waals surface area contributed by atoms with Crippen molar-refractivity contribution in [3.63, 3.8) is 0 Å². The number of carbonyl (C=O) groups excluding carboxylic acids is 1. The van der Waals surface area contributed by atoms with E-state index >= 15 is 0 Å². The minimum absolute atomic E-state index is 0.0150. The van der Waals surface area contributed by atoms with Gasteiger partial charge < -0.3 is 9.84 Å². The van der Waals surface area contributed by atoms with Gasteiger partial charge in [0, 0.05) is 35.7 Å². The Labute approximate surface area is 179 Å². The molecule has 0 fully saturated rings. The van der Waals surface area contributed by atoms with Crippen LogP contribution in [0.4, 0.5) is 0 Å². The number of hydrogen-bond donors (Lipinski definition) is 1. The number of benzene rings is 2. The highest BCUT2D eigenvalue weighted by Crippen LogP contribution is 2.38. The largest absolute Gasteiger partial charge is 0.497 e. The fourth-order valence-corrected chi connectivity index (χ4v) is 4.57. The Morgan fingerprint density at radius 2 is 1.90 bits per heavy atom. The third-order valence-electron chi connectivity index (χ3n) is 4.92. The van der Waals surface area contributed by atoms with Crippen LogP contribution in [0.1, 0.15) is 28.4 Å². The Hall–Kier alpha value is -2.84. The Bertz CT molecular complexity index is 1310. The molecule has 0 aliphatic carbocycles. The Morgan fingerprint density at radius 1 is 1.20 bits per heavy atom. The summed E-state index contributed by atoms with van der Waals surface area (Å²) in [6.45, 7) is 3.82. The molecule has 7 nitrogen and oxygen atoms in total. The SMILES string of the molecule is CCn1[nH]cc(C(=O)c2ccc(S(C)(=O)=O)c(-c3ccc(OC)cc3Cl)c2C)c1=O. The van der Waals surface area contributed by atoms with Crippen LogP contribution in [0.3, 0.4) is 0 Å². The number of H-pyrrole nitrogens is 1. The molecular formula is C21H21ClN2O5S. The number of sulfone groups is 1. The molecule has 3 rings (SSSR count). The molecule has 0 atom stereocenters. The van der Waals surface area contributed by atoms with Crippen LogP contribution in [-0.2, 0) is 16.4 Å². The number of aromatic nitrogens is 2. The van der Waals surface area contributed by atoms with Crippen LogP contribution in [0, 0.1) is 6.92 Å². The number of nitrogens with zero attached hydrogens (tertiary/aromatic N) is 1. The first kappa shape index (κ1) is 21.9. The molecule has 158 valence electrons. The lowest BCUT2D eigenvalue weighted by Gasteiger charge is -2.16. The zero-order chi connectivity index (χ0) is 22.2. The number of nitrogens with one attached hydrogen (secondary N) is 1. The third kappa shape index (κ3) is 3.80. The van der Waals surface area contributed by atoms with Crippen LogP contribution in [0.25, 0.3) is 11.1 Å². The van der Waals surface area contributed by atoms with Crippen LogP contribution >= 0.6 is 11.6 Å². The molecule has 0 unspecified atom stereocenters. The second-order valence-corrected chi connectivity index (χ2v) is 9.19. The van der Waals surface area contributed by atoms with E-state index < -0.39 is 21.2 Å². The van der Waals surface area contributed by atoms with Gasteiger partial charge in [-0.3, -0.25) is 14.3 Å². The van der Waals surface area contributed by atoms with Crippen molar-refractivity contribution >= 4 is 27.2 Å². The van der Waals surface area contributed by atoms with Gasteiger partial charge in [0.25, 0.3) is 5.56 Å². The first-order valence-corrected chi connectivity index (χ1v) is 11.4. The van der Waals surface area contributed by atoms with Crippen LogP contribution in [0.5, 0.6) is 5.75 Å². The van der Waals surface area contributed by atoms with Crippen LogP contribution in [-0.4, -0.2) is 37.3 Å². The van der Waals surface area contributed by atoms with Gasteiger partial charge in [0.05, 0.1) is 17.0 Å². The van der Waals surface area contributed by atoms with Gasteiger partial charge in [-0.1, -0.05) is 11.6 Å². The standard InChI is InChI=1S/C21H21ClN2O5S/c1-5-24-21(26)16(11-23-24)20(25)14-8-9-18(30(4,27)28)19(12(14)2)15-7-6-13(29-3)10-17(15)22/h6-11,23H,5H2,1-4H3. The molecule has 2 aromatic carbocycles. The Morgan fingerprint density at radius 3 is 2.43 bits per heavy atom. The third-order valence-corrected chi connectivity index (χ3v) is 6.37. The summed E-state index contributed by atoms with van der Waals surface area (Å²) in [5, 5.41) is 3.03. The lowest BCUT2D eigenvalue weighted by atomic mass is 9.92. The number of hydrogen-bond acceptors (Lipinski definition) is 5. The fraction of sp³-hybridized carbons (Fsp3) is 0.238. The molecule has 0 aliphatic rings. The molecule has 0 saturated heterocycles. The summed E-state index contributed by atoms with van der Waals surface area (Å²) >= 11 is 6.41. The maximum absolute atomic E-state index is 13.1. The predicted octanol–water partition coefficient (Wildman–Crippen LogP) is 3.47. The lowest BCUT2D eigenvalue weighted by molar-refractivity contribution is 0.103. The molecule has 0 spiro atoms. The first-order chi connectivity index (χ1) is 14.1. The second kappa shape index (κ2) is 8.12. The number of methoxy groups -OCH3 is 1. The highest BCUT2D eigenvalue weighted by atomic mass is 35.5. The van der Waals surface area contributed by atoms with E-state index in [1.165, 1.54) is 30.1 Å². The molecule has 0 saturated carbocycles. The number of carbonyl (C=O) groups is 1. The van der Waals surface area contributed by atoms with Crippen molar-refractivity contribution in [2.45, 2.75) is 25.3 Å². The smallest absolute Gasteiger partial charge is 0.277 e. The molecule has 0 bridgehead atoms. The molecule has 0 aliphatic heterocycles. The van der Waals surface area contributed by atoms with Crippen LogP contribution in [0.2, 0.25) is 5.02 Å². The van der Waals surface area contributed by atoms with Crippen molar-refractivity contribution in [3.05, 3.63) is 68.6 Å². The topological polar surface area (TPSA) is 98.2 Å². The summed E-state index contributed by atoms with van der Waals surface area (Å²) in [6.07, 6.45) is 2.45. The second-order valence-electron chi connectivity index (χ2n) is 6.79. The van der Waals surface area contributed by atoms with E-state index in [4.69, 9.17) is 16.3 Å². The zero-order valence-corrected chi connectivity index (χ0v) is 18.5. The summed E-state index contributed by atoms with van der Waals surface area (Å²) in [5.41, 5.74) is 0.965. The molecule has 1 N–H and O–H groups in total. The number of rotatable bonds is 6. The summed E-state index contributed by atoms with van der Waals surface area (Å²) in [5.74, 6) is 0.0221. The molecule has 0 amide bonds.